The fourth-order valence-electron chi connectivity index (χ4n) is 2.25. The quantitative estimate of drug-likeness (QED) is 0.779. The van der Waals surface area contributed by atoms with E-state index in [-0.39, 0.29) is 18.3 Å². The molecule has 0 saturated heterocycles. The van der Waals surface area contributed by atoms with Gasteiger partial charge in [-0.1, -0.05) is 0 Å². The van der Waals surface area contributed by atoms with E-state index in [4.69, 9.17) is 9.47 Å². The van der Waals surface area contributed by atoms with Gasteiger partial charge < -0.3 is 14.4 Å². The molecule has 2 rings (SSSR count). The van der Waals surface area contributed by atoms with Crippen LogP contribution in [0.25, 0.3) is 0 Å². The first-order chi connectivity index (χ1) is 9.08. The molecule has 0 N–H and O–H groups in total. The molecular formula is C14H17NO4. The lowest BCUT2D eigenvalue weighted by atomic mass is 9.89. The van der Waals surface area contributed by atoms with Crippen molar-refractivity contribution in [2.24, 2.45) is 0 Å². The highest BCUT2D eigenvalue weighted by molar-refractivity contribution is 6.01. The number of methoxy groups -OCH3 is 1. The van der Waals surface area contributed by atoms with Gasteiger partial charge in [0.15, 0.2) is 0 Å². The van der Waals surface area contributed by atoms with E-state index in [1.165, 1.54) is 0 Å². The largest absolute Gasteiger partial charge is 0.497 e. The molecule has 1 aliphatic rings. The normalized spacial score (nSPS) is 17.9. The molecule has 1 heterocycles. The Labute approximate surface area is 112 Å². The van der Waals surface area contributed by atoms with Crippen LogP contribution in [0.3, 0.4) is 0 Å². The number of rotatable bonds is 3. The van der Waals surface area contributed by atoms with Crippen molar-refractivity contribution in [3.05, 3.63) is 23.8 Å². The number of carbonyl (C=O) groups excluding carboxylic acids is 2. The second-order valence-electron chi connectivity index (χ2n) is 4.39. The Morgan fingerprint density at radius 3 is 2.84 bits per heavy atom. The average molecular weight is 263 g/mol. The summed E-state index contributed by atoms with van der Waals surface area (Å²) in [6.07, 6.45) is 0.134. The number of fused-ring (bicyclic) bond motifs is 1. The van der Waals surface area contributed by atoms with Crippen molar-refractivity contribution < 1.29 is 19.1 Å². The number of hydrogen-bond acceptors (Lipinski definition) is 4. The predicted molar refractivity (Wildman–Crippen MR) is 70.4 cm³/mol. The number of ether oxygens (including phenoxy) is 2. The maximum absolute atomic E-state index is 12.0. The van der Waals surface area contributed by atoms with Crippen LogP contribution in [-0.2, 0) is 14.3 Å². The number of nitrogens with zero attached hydrogens (tertiary/aromatic N) is 1. The minimum Gasteiger partial charge on any atom is -0.497 e. The van der Waals surface area contributed by atoms with Gasteiger partial charge in [0.25, 0.3) is 0 Å². The third-order valence-electron chi connectivity index (χ3n) is 3.30. The van der Waals surface area contributed by atoms with Crippen LogP contribution in [0.5, 0.6) is 5.75 Å². The van der Waals surface area contributed by atoms with Crippen molar-refractivity contribution in [3.63, 3.8) is 0 Å². The van der Waals surface area contributed by atoms with Crippen molar-refractivity contribution in [2.75, 3.05) is 25.7 Å². The van der Waals surface area contributed by atoms with Crippen molar-refractivity contribution in [1.82, 2.24) is 0 Å². The zero-order chi connectivity index (χ0) is 14.0. The molecule has 5 nitrogen and oxygen atoms in total. The van der Waals surface area contributed by atoms with Gasteiger partial charge in [-0.05, 0) is 30.7 Å². The molecule has 0 bridgehead atoms. The van der Waals surface area contributed by atoms with Gasteiger partial charge in [0.2, 0.25) is 5.91 Å². The third-order valence-corrected chi connectivity index (χ3v) is 3.30. The summed E-state index contributed by atoms with van der Waals surface area (Å²) >= 11 is 0. The van der Waals surface area contributed by atoms with E-state index in [1.807, 2.05) is 0 Å². The number of anilines is 1. The lowest BCUT2D eigenvalue weighted by molar-refractivity contribution is -0.146. The van der Waals surface area contributed by atoms with E-state index in [0.717, 1.165) is 11.3 Å². The molecule has 1 amide bonds. The average Bonchev–Trinajstić information content (AvgIpc) is 2.42. The number of carbonyl (C=O) groups is 2. The molecule has 102 valence electrons. The first-order valence-electron chi connectivity index (χ1n) is 6.19. The lowest BCUT2D eigenvalue weighted by Crippen LogP contribution is -2.36. The van der Waals surface area contributed by atoms with Gasteiger partial charge in [-0.15, -0.1) is 0 Å². The van der Waals surface area contributed by atoms with Crippen LogP contribution in [0, 0.1) is 0 Å². The first-order valence-corrected chi connectivity index (χ1v) is 6.19. The molecule has 5 heteroatoms. The summed E-state index contributed by atoms with van der Waals surface area (Å²) < 4.78 is 10.2. The molecule has 1 aromatic rings. The molecule has 1 aromatic carbocycles. The van der Waals surface area contributed by atoms with Crippen LogP contribution >= 0.6 is 0 Å². The summed E-state index contributed by atoms with van der Waals surface area (Å²) in [7, 11) is 3.27. The maximum atomic E-state index is 12.0. The zero-order valence-corrected chi connectivity index (χ0v) is 11.3. The minimum absolute atomic E-state index is 0.0873. The van der Waals surface area contributed by atoms with Crippen molar-refractivity contribution in [1.29, 1.82) is 0 Å². The third kappa shape index (κ3) is 2.41. The number of hydrogen-bond donors (Lipinski definition) is 0. The topological polar surface area (TPSA) is 55.8 Å². The van der Waals surface area contributed by atoms with Crippen LogP contribution in [0.2, 0.25) is 0 Å². The second kappa shape index (κ2) is 5.30. The highest BCUT2D eigenvalue weighted by Crippen LogP contribution is 2.38. The highest BCUT2D eigenvalue weighted by Gasteiger charge is 2.34. The Hall–Kier alpha value is -2.04. The Morgan fingerprint density at radius 2 is 2.21 bits per heavy atom. The van der Waals surface area contributed by atoms with Gasteiger partial charge in [-0.2, -0.15) is 0 Å². The Morgan fingerprint density at radius 1 is 1.47 bits per heavy atom. The van der Waals surface area contributed by atoms with Gasteiger partial charge in [0, 0.05) is 19.2 Å². The van der Waals surface area contributed by atoms with Crippen molar-refractivity contribution >= 4 is 17.6 Å². The highest BCUT2D eigenvalue weighted by atomic mass is 16.5. The van der Waals surface area contributed by atoms with E-state index in [2.05, 4.69) is 0 Å². The van der Waals surface area contributed by atoms with Gasteiger partial charge in [0.05, 0.1) is 19.6 Å². The van der Waals surface area contributed by atoms with E-state index in [1.54, 1.807) is 44.2 Å². The summed E-state index contributed by atoms with van der Waals surface area (Å²) in [5.41, 5.74) is 1.51. The molecule has 0 radical (unpaired) electrons. The van der Waals surface area contributed by atoms with Gasteiger partial charge >= 0.3 is 5.97 Å². The summed E-state index contributed by atoms with van der Waals surface area (Å²) in [5.74, 6) is -0.335. The molecular weight excluding hydrogens is 246 g/mol. The molecule has 0 unspecified atom stereocenters. The molecule has 0 saturated carbocycles. The lowest BCUT2D eigenvalue weighted by Gasteiger charge is -2.30. The van der Waals surface area contributed by atoms with Crippen LogP contribution in [0.15, 0.2) is 18.2 Å². The van der Waals surface area contributed by atoms with Gasteiger partial charge in [0.1, 0.15) is 5.75 Å². The zero-order valence-electron chi connectivity index (χ0n) is 11.3. The first kappa shape index (κ1) is 13.4. The van der Waals surface area contributed by atoms with Gasteiger partial charge in [-0.25, -0.2) is 0 Å². The van der Waals surface area contributed by atoms with Crippen LogP contribution in [0.4, 0.5) is 5.69 Å². The fourth-order valence-corrected chi connectivity index (χ4v) is 2.25. The summed E-state index contributed by atoms with van der Waals surface area (Å²) in [6.45, 7) is 2.06. The van der Waals surface area contributed by atoms with Crippen LogP contribution in [-0.4, -0.2) is 32.6 Å². The fraction of sp³-hybridized carbons (Fsp3) is 0.429. The monoisotopic (exact) mass is 263 g/mol. The molecule has 1 aliphatic heterocycles. The smallest absolute Gasteiger partial charge is 0.314 e. The molecule has 0 fully saturated rings. The van der Waals surface area contributed by atoms with E-state index < -0.39 is 5.92 Å². The van der Waals surface area contributed by atoms with Crippen molar-refractivity contribution in [2.45, 2.75) is 19.3 Å². The standard InChI is InChI=1S/C14H17NO4/c1-4-19-14(17)11-8-13(16)15(2)12-6-5-9(18-3)7-10(11)12/h5-7,11H,4,8H2,1-3H3/t11-/m0/s1. The van der Waals surface area contributed by atoms with Crippen LogP contribution < -0.4 is 9.64 Å². The SMILES string of the molecule is CCOC(=O)[C@H]1CC(=O)N(C)c2ccc(OC)cc21. The molecule has 1 atom stereocenters. The van der Waals surface area contributed by atoms with Crippen molar-refractivity contribution in [3.8, 4) is 5.75 Å². The Bertz CT molecular complexity index is 512. The van der Waals surface area contributed by atoms with Crippen LogP contribution in [0.1, 0.15) is 24.8 Å². The Balaban J connectivity index is 2.46. The van der Waals surface area contributed by atoms with E-state index in [0.29, 0.717) is 12.4 Å². The predicted octanol–water partition coefficient (Wildman–Crippen LogP) is 1.71. The molecule has 0 aliphatic carbocycles. The maximum Gasteiger partial charge on any atom is 0.314 e. The number of amides is 1. The number of esters is 1. The van der Waals surface area contributed by atoms with E-state index >= 15 is 0 Å². The van der Waals surface area contributed by atoms with Gasteiger partial charge in [-0.3, -0.25) is 9.59 Å². The summed E-state index contributed by atoms with van der Waals surface area (Å²) in [4.78, 5) is 25.5. The summed E-state index contributed by atoms with van der Waals surface area (Å²) in [5, 5.41) is 0. The Kier molecular flexibility index (Phi) is 3.74. The summed E-state index contributed by atoms with van der Waals surface area (Å²) in [6, 6.07) is 5.35. The molecule has 0 aromatic heterocycles. The molecule has 0 spiro atoms. The molecule has 19 heavy (non-hydrogen) atoms. The second-order valence-corrected chi connectivity index (χ2v) is 4.39. The van der Waals surface area contributed by atoms with E-state index in [9.17, 15) is 9.59 Å². The number of benzene rings is 1. The minimum atomic E-state index is -0.547.